The molecule has 2 aliphatic rings. The van der Waals surface area contributed by atoms with Gasteiger partial charge < -0.3 is 14.7 Å². The Morgan fingerprint density at radius 1 is 1.00 bits per heavy atom. The normalized spacial score (nSPS) is 29.4. The van der Waals surface area contributed by atoms with Crippen LogP contribution >= 0.6 is 0 Å². The molecule has 2 unspecified atom stereocenters. The maximum Gasteiger partial charge on any atom is 0.119 e. The van der Waals surface area contributed by atoms with Gasteiger partial charge in [0, 0.05) is 12.1 Å². The number of piperidine rings is 2. The lowest BCUT2D eigenvalue weighted by Crippen LogP contribution is -2.55. The summed E-state index contributed by atoms with van der Waals surface area (Å²) in [6, 6.07) is 19.3. The fourth-order valence-electron chi connectivity index (χ4n) is 4.49. The molecule has 0 spiro atoms. The Labute approximate surface area is 150 Å². The minimum Gasteiger partial charge on any atom is -0.489 e. The van der Waals surface area contributed by atoms with Crippen molar-refractivity contribution in [3.8, 4) is 5.75 Å². The van der Waals surface area contributed by atoms with Gasteiger partial charge in [-0.2, -0.15) is 0 Å². The molecule has 2 fully saturated rings. The van der Waals surface area contributed by atoms with Gasteiger partial charge in [-0.1, -0.05) is 48.9 Å². The molecular weight excluding hydrogens is 310 g/mol. The van der Waals surface area contributed by atoms with Gasteiger partial charge in [0.2, 0.25) is 0 Å². The molecule has 132 valence electrons. The Balaban J connectivity index is 1.44. The van der Waals surface area contributed by atoms with E-state index in [0.717, 1.165) is 29.7 Å². The molecule has 0 aromatic heterocycles. The lowest BCUT2D eigenvalue weighted by Gasteiger charge is -2.50. The number of hydrogen-bond acceptors (Lipinski definition) is 3. The minimum absolute atomic E-state index is 0.506. The summed E-state index contributed by atoms with van der Waals surface area (Å²) < 4.78 is 5.87. The Morgan fingerprint density at radius 2 is 1.64 bits per heavy atom. The average molecular weight is 337 g/mol. The van der Waals surface area contributed by atoms with E-state index in [1.54, 1.807) is 0 Å². The van der Waals surface area contributed by atoms with Crippen molar-refractivity contribution < 1.29 is 9.84 Å². The standard InChI is InChI=1S/C22H27NO2/c1-23-19-8-5-9-20(23)15-22(24,14-19)18-10-12-21(13-11-18)25-16-17-6-3-2-4-7-17/h2-4,6-7,10-13,19-20,24H,5,8-9,14-16H2,1H3. The largest absolute Gasteiger partial charge is 0.489 e. The highest BCUT2D eigenvalue weighted by atomic mass is 16.5. The van der Waals surface area contributed by atoms with E-state index in [2.05, 4.69) is 24.1 Å². The second kappa shape index (κ2) is 6.81. The van der Waals surface area contributed by atoms with Crippen LogP contribution in [0.25, 0.3) is 0 Å². The fraction of sp³-hybridized carbons (Fsp3) is 0.455. The van der Waals surface area contributed by atoms with Crippen molar-refractivity contribution in [3.63, 3.8) is 0 Å². The summed E-state index contributed by atoms with van der Waals surface area (Å²) in [6.45, 7) is 0.569. The predicted octanol–water partition coefficient (Wildman–Crippen LogP) is 4.10. The SMILES string of the molecule is CN1C2CCCC1CC(O)(c1ccc(OCc3ccccc3)cc1)C2. The van der Waals surface area contributed by atoms with Crippen LogP contribution in [0, 0.1) is 0 Å². The summed E-state index contributed by atoms with van der Waals surface area (Å²) in [7, 11) is 2.22. The Hall–Kier alpha value is -1.84. The highest BCUT2D eigenvalue weighted by Crippen LogP contribution is 2.43. The van der Waals surface area contributed by atoms with E-state index in [0.29, 0.717) is 18.7 Å². The van der Waals surface area contributed by atoms with Gasteiger partial charge in [-0.3, -0.25) is 0 Å². The monoisotopic (exact) mass is 337 g/mol. The van der Waals surface area contributed by atoms with E-state index in [1.807, 2.05) is 42.5 Å². The molecule has 4 rings (SSSR count). The molecule has 2 aliphatic heterocycles. The molecule has 25 heavy (non-hydrogen) atoms. The zero-order chi connectivity index (χ0) is 17.3. The van der Waals surface area contributed by atoms with Gasteiger partial charge in [0.1, 0.15) is 12.4 Å². The van der Waals surface area contributed by atoms with Crippen LogP contribution in [0.4, 0.5) is 0 Å². The quantitative estimate of drug-likeness (QED) is 0.912. The first-order valence-corrected chi connectivity index (χ1v) is 9.36. The first kappa shape index (κ1) is 16.6. The number of ether oxygens (including phenoxy) is 1. The number of aliphatic hydroxyl groups is 1. The highest BCUT2D eigenvalue weighted by Gasteiger charge is 2.44. The molecule has 1 N–H and O–H groups in total. The molecule has 2 saturated heterocycles. The van der Waals surface area contributed by atoms with E-state index in [-0.39, 0.29) is 0 Å². The van der Waals surface area contributed by atoms with Crippen LogP contribution in [0.5, 0.6) is 5.75 Å². The summed E-state index contributed by atoms with van der Waals surface area (Å²) in [6.07, 6.45) is 5.37. The van der Waals surface area contributed by atoms with Crippen LogP contribution in [0.2, 0.25) is 0 Å². The first-order chi connectivity index (χ1) is 12.1. The number of benzene rings is 2. The molecule has 2 aromatic carbocycles. The molecule has 0 radical (unpaired) electrons. The van der Waals surface area contributed by atoms with Crippen molar-refractivity contribution in [1.29, 1.82) is 0 Å². The van der Waals surface area contributed by atoms with Gasteiger partial charge >= 0.3 is 0 Å². The zero-order valence-electron chi connectivity index (χ0n) is 14.9. The lowest BCUT2D eigenvalue weighted by molar-refractivity contribution is -0.0874. The summed E-state index contributed by atoms with van der Waals surface area (Å²) in [5, 5.41) is 11.3. The van der Waals surface area contributed by atoms with E-state index < -0.39 is 5.60 Å². The summed E-state index contributed by atoms with van der Waals surface area (Å²) in [5.41, 5.74) is 1.50. The lowest BCUT2D eigenvalue weighted by atomic mass is 9.73. The Kier molecular flexibility index (Phi) is 4.53. The second-order valence-electron chi connectivity index (χ2n) is 7.64. The Bertz CT molecular complexity index is 684. The molecule has 2 bridgehead atoms. The number of hydrogen-bond donors (Lipinski definition) is 1. The van der Waals surface area contributed by atoms with Crippen LogP contribution in [0.15, 0.2) is 54.6 Å². The van der Waals surface area contributed by atoms with Crippen molar-refractivity contribution in [2.75, 3.05) is 7.05 Å². The summed E-state index contributed by atoms with van der Waals surface area (Å²) in [4.78, 5) is 2.48. The molecule has 3 heteroatoms. The van der Waals surface area contributed by atoms with Gasteiger partial charge in [0.25, 0.3) is 0 Å². The molecular formula is C22H27NO2. The number of nitrogens with zero attached hydrogens (tertiary/aromatic N) is 1. The smallest absolute Gasteiger partial charge is 0.119 e. The Morgan fingerprint density at radius 3 is 2.28 bits per heavy atom. The van der Waals surface area contributed by atoms with Crippen molar-refractivity contribution >= 4 is 0 Å². The van der Waals surface area contributed by atoms with Crippen molar-refractivity contribution in [2.24, 2.45) is 0 Å². The van der Waals surface area contributed by atoms with Crippen molar-refractivity contribution in [1.82, 2.24) is 4.90 Å². The van der Waals surface area contributed by atoms with Crippen LogP contribution in [0.1, 0.15) is 43.2 Å². The van der Waals surface area contributed by atoms with E-state index in [9.17, 15) is 5.11 Å². The molecule has 0 amide bonds. The molecule has 2 atom stereocenters. The highest BCUT2D eigenvalue weighted by molar-refractivity contribution is 5.32. The molecule has 2 heterocycles. The van der Waals surface area contributed by atoms with Crippen LogP contribution in [0.3, 0.4) is 0 Å². The van der Waals surface area contributed by atoms with Crippen LogP contribution in [-0.4, -0.2) is 29.1 Å². The molecule has 0 saturated carbocycles. The van der Waals surface area contributed by atoms with E-state index in [4.69, 9.17) is 4.74 Å². The average Bonchev–Trinajstić information content (AvgIpc) is 2.63. The first-order valence-electron chi connectivity index (χ1n) is 9.36. The van der Waals surface area contributed by atoms with Crippen molar-refractivity contribution in [3.05, 3.63) is 65.7 Å². The van der Waals surface area contributed by atoms with E-state index >= 15 is 0 Å². The van der Waals surface area contributed by atoms with Crippen molar-refractivity contribution in [2.45, 2.75) is 56.4 Å². The maximum atomic E-state index is 11.3. The minimum atomic E-state index is -0.694. The van der Waals surface area contributed by atoms with Gasteiger partial charge in [-0.05, 0) is 56.0 Å². The summed E-state index contributed by atoms with van der Waals surface area (Å²) >= 11 is 0. The third-order valence-electron chi connectivity index (χ3n) is 6.01. The van der Waals surface area contributed by atoms with Crippen LogP contribution in [-0.2, 0) is 12.2 Å². The van der Waals surface area contributed by atoms with Gasteiger partial charge in [0.05, 0.1) is 5.60 Å². The molecule has 2 aromatic rings. The van der Waals surface area contributed by atoms with Gasteiger partial charge in [-0.15, -0.1) is 0 Å². The zero-order valence-corrected chi connectivity index (χ0v) is 14.9. The third kappa shape index (κ3) is 3.44. The number of fused-ring (bicyclic) bond motifs is 2. The van der Waals surface area contributed by atoms with Crippen LogP contribution < -0.4 is 4.74 Å². The predicted molar refractivity (Wildman–Crippen MR) is 99.5 cm³/mol. The maximum absolute atomic E-state index is 11.3. The number of rotatable bonds is 4. The molecule has 3 nitrogen and oxygen atoms in total. The summed E-state index contributed by atoms with van der Waals surface area (Å²) in [5.74, 6) is 0.851. The molecule has 0 aliphatic carbocycles. The topological polar surface area (TPSA) is 32.7 Å². The van der Waals surface area contributed by atoms with E-state index in [1.165, 1.54) is 19.3 Å². The van der Waals surface area contributed by atoms with Gasteiger partial charge in [0.15, 0.2) is 0 Å². The third-order valence-corrected chi connectivity index (χ3v) is 6.01. The second-order valence-corrected chi connectivity index (χ2v) is 7.64. The van der Waals surface area contributed by atoms with Gasteiger partial charge in [-0.25, -0.2) is 0 Å². The fourth-order valence-corrected chi connectivity index (χ4v) is 4.49.